The monoisotopic (exact) mass is 613 g/mol. The van der Waals surface area contributed by atoms with E-state index in [4.69, 9.17) is 9.90 Å². The van der Waals surface area contributed by atoms with Crippen LogP contribution in [0.25, 0.3) is 0 Å². The van der Waals surface area contributed by atoms with E-state index in [2.05, 4.69) is 28.4 Å². The van der Waals surface area contributed by atoms with Gasteiger partial charge in [0.2, 0.25) is 0 Å². The molecule has 2 aromatic rings. The van der Waals surface area contributed by atoms with Crippen molar-refractivity contribution < 1.29 is 41.4 Å². The lowest BCUT2D eigenvalue weighted by molar-refractivity contribution is -0.192. The predicted octanol–water partition coefficient (Wildman–Crippen LogP) is 5.47. The minimum atomic E-state index is -5.08. The average molecular weight is 614 g/mol. The Hall–Kier alpha value is -3.32. The Balaban J connectivity index is 0.000000616. The Morgan fingerprint density at radius 2 is 1.52 bits per heavy atom. The Bertz CT molecular complexity index is 1320. The van der Waals surface area contributed by atoms with E-state index in [1.807, 2.05) is 12.1 Å². The number of alkyl halides is 3. The van der Waals surface area contributed by atoms with Crippen molar-refractivity contribution in [3.8, 4) is 0 Å². The maximum absolute atomic E-state index is 13.2. The number of hydrogen-bond donors (Lipinski definition) is 3. The molecule has 2 aliphatic rings. The number of benzene rings is 2. The lowest BCUT2D eigenvalue weighted by Gasteiger charge is -2.41. The topological polar surface area (TPSA) is 127 Å². The van der Waals surface area contributed by atoms with Crippen LogP contribution in [0.15, 0.2) is 47.4 Å². The second-order valence-electron chi connectivity index (χ2n) is 11.0. The summed E-state index contributed by atoms with van der Waals surface area (Å²) in [5, 5.41) is 16.6. The summed E-state index contributed by atoms with van der Waals surface area (Å²) in [4.78, 5) is 25.5. The summed E-state index contributed by atoms with van der Waals surface area (Å²) in [6, 6.07) is 12.2. The number of carboxylic acid groups (broad SMARTS) is 2. The van der Waals surface area contributed by atoms with Gasteiger partial charge < -0.3 is 20.0 Å². The third kappa shape index (κ3) is 9.35. The fourth-order valence-electron chi connectivity index (χ4n) is 5.26. The number of rotatable bonds is 8. The van der Waals surface area contributed by atoms with Crippen LogP contribution in [0.5, 0.6) is 0 Å². The molecule has 2 heterocycles. The molecule has 0 saturated carbocycles. The molecule has 2 aliphatic heterocycles. The number of halogens is 3. The molecule has 3 N–H and O–H groups in total. The largest absolute Gasteiger partial charge is 0.490 e. The number of nitrogens with zero attached hydrogens (tertiary/aromatic N) is 2. The molecule has 2 fully saturated rings. The van der Waals surface area contributed by atoms with Crippen molar-refractivity contribution in [1.29, 1.82) is 0 Å². The van der Waals surface area contributed by atoms with Crippen molar-refractivity contribution in [3.63, 3.8) is 0 Å². The van der Waals surface area contributed by atoms with Crippen LogP contribution in [0.2, 0.25) is 0 Å². The molecule has 4 rings (SSSR count). The zero-order chi connectivity index (χ0) is 31.1. The van der Waals surface area contributed by atoms with Gasteiger partial charge in [-0.2, -0.15) is 13.2 Å². The average Bonchev–Trinajstić information content (AvgIpc) is 2.93. The maximum atomic E-state index is 13.2. The van der Waals surface area contributed by atoms with E-state index in [-0.39, 0.29) is 10.5 Å². The van der Waals surface area contributed by atoms with Crippen LogP contribution >= 0.6 is 0 Å². The van der Waals surface area contributed by atoms with Crippen molar-refractivity contribution in [2.75, 3.05) is 35.8 Å². The lowest BCUT2D eigenvalue weighted by atomic mass is 9.99. The lowest BCUT2D eigenvalue weighted by Crippen LogP contribution is -2.46. The smallest absolute Gasteiger partial charge is 0.478 e. The molecule has 0 atom stereocenters. The first-order valence-corrected chi connectivity index (χ1v) is 15.4. The van der Waals surface area contributed by atoms with Crippen LogP contribution in [0.3, 0.4) is 0 Å². The minimum absolute atomic E-state index is 0.0573. The second-order valence-corrected chi connectivity index (χ2v) is 12.7. The molecule has 2 saturated heterocycles. The number of carboxylic acids is 2. The first-order chi connectivity index (χ1) is 19.7. The van der Waals surface area contributed by atoms with E-state index in [9.17, 15) is 31.5 Å². The highest BCUT2D eigenvalue weighted by Gasteiger charge is 2.38. The third-order valence-electron chi connectivity index (χ3n) is 7.32. The van der Waals surface area contributed by atoms with Crippen LogP contribution in [0.1, 0.15) is 61.9 Å². The van der Waals surface area contributed by atoms with E-state index < -0.39 is 28.1 Å². The van der Waals surface area contributed by atoms with Crippen LogP contribution in [-0.4, -0.2) is 73.9 Å². The summed E-state index contributed by atoms with van der Waals surface area (Å²) in [7, 11) is -3.87. The normalized spacial score (nSPS) is 17.0. The molecule has 0 amide bonds. The third-order valence-corrected chi connectivity index (χ3v) is 8.70. The molecule has 0 unspecified atom stereocenters. The van der Waals surface area contributed by atoms with Crippen LogP contribution in [0.4, 0.5) is 24.5 Å². The SMILES string of the molecule is CC(C)Cc1ccc(S(=O)(=O)Nc2cc(C(=O)O)ccc2N2CCC(N3CCCCC3)CC2)cc1.O=C(O)C(F)(F)F. The number of likely N-dealkylation sites (tertiary alicyclic amines) is 1. The zero-order valence-electron chi connectivity index (χ0n) is 23.7. The molecule has 42 heavy (non-hydrogen) atoms. The fraction of sp³-hybridized carbons (Fsp3) is 0.517. The van der Waals surface area contributed by atoms with E-state index in [1.165, 1.54) is 38.4 Å². The van der Waals surface area contributed by atoms with Gasteiger partial charge in [0.15, 0.2) is 0 Å². The highest BCUT2D eigenvalue weighted by Crippen LogP contribution is 2.33. The first-order valence-electron chi connectivity index (χ1n) is 14.0. The molecular weight excluding hydrogens is 575 g/mol. The molecule has 0 spiro atoms. The van der Waals surface area contributed by atoms with Crippen LogP contribution < -0.4 is 9.62 Å². The minimum Gasteiger partial charge on any atom is -0.478 e. The van der Waals surface area contributed by atoms with E-state index in [0.717, 1.165) is 43.6 Å². The highest BCUT2D eigenvalue weighted by molar-refractivity contribution is 7.92. The second kappa shape index (κ2) is 14.2. The van der Waals surface area contributed by atoms with Gasteiger partial charge in [0, 0.05) is 19.1 Å². The number of aliphatic carboxylic acids is 1. The molecular formula is C29H38F3N3O6S. The van der Waals surface area contributed by atoms with E-state index in [0.29, 0.717) is 17.6 Å². The van der Waals surface area contributed by atoms with Crippen LogP contribution in [0, 0.1) is 5.92 Å². The van der Waals surface area contributed by atoms with Gasteiger partial charge >= 0.3 is 18.1 Å². The van der Waals surface area contributed by atoms with Gasteiger partial charge in [-0.25, -0.2) is 18.0 Å². The molecule has 0 aromatic heterocycles. The number of anilines is 2. The molecule has 0 aliphatic carbocycles. The first kappa shape index (κ1) is 33.2. The van der Waals surface area contributed by atoms with Crippen LogP contribution in [-0.2, 0) is 21.2 Å². The highest BCUT2D eigenvalue weighted by atomic mass is 32.2. The van der Waals surface area contributed by atoms with E-state index >= 15 is 0 Å². The number of nitrogens with one attached hydrogen (secondary N) is 1. The number of piperidine rings is 2. The van der Waals surface area contributed by atoms with Crippen molar-refractivity contribution in [2.24, 2.45) is 5.92 Å². The fourth-order valence-corrected chi connectivity index (χ4v) is 6.33. The molecule has 232 valence electrons. The Labute approximate surface area is 244 Å². The summed E-state index contributed by atoms with van der Waals surface area (Å²) >= 11 is 0. The molecule has 13 heteroatoms. The van der Waals surface area contributed by atoms with E-state index in [1.54, 1.807) is 24.3 Å². The maximum Gasteiger partial charge on any atom is 0.490 e. The van der Waals surface area contributed by atoms with Crippen molar-refractivity contribution in [3.05, 3.63) is 53.6 Å². The van der Waals surface area contributed by atoms with Crippen molar-refractivity contribution >= 4 is 33.3 Å². The quantitative estimate of drug-likeness (QED) is 0.358. The molecule has 9 nitrogen and oxygen atoms in total. The summed E-state index contributed by atoms with van der Waals surface area (Å²) in [6.45, 7) is 8.20. The molecule has 0 bridgehead atoms. The summed E-state index contributed by atoms with van der Waals surface area (Å²) in [6.07, 6.45) is 1.68. The summed E-state index contributed by atoms with van der Waals surface area (Å²) < 4.78 is 60.9. The summed E-state index contributed by atoms with van der Waals surface area (Å²) in [5.74, 6) is -3.36. The number of aromatic carboxylic acids is 1. The Morgan fingerprint density at radius 3 is 2.02 bits per heavy atom. The van der Waals surface area contributed by atoms with Gasteiger partial charge in [-0.15, -0.1) is 0 Å². The Kier molecular flexibility index (Phi) is 11.2. The van der Waals surface area contributed by atoms with Gasteiger partial charge in [-0.3, -0.25) is 4.72 Å². The van der Waals surface area contributed by atoms with Gasteiger partial charge in [-0.1, -0.05) is 32.4 Å². The van der Waals surface area contributed by atoms with Gasteiger partial charge in [-0.05, 0) is 87.0 Å². The number of sulfonamides is 1. The molecule has 0 radical (unpaired) electrons. The molecule has 2 aromatic carbocycles. The van der Waals surface area contributed by atoms with Gasteiger partial charge in [0.25, 0.3) is 10.0 Å². The van der Waals surface area contributed by atoms with Crippen molar-refractivity contribution in [2.45, 2.75) is 69.5 Å². The number of hydrogen-bond acceptors (Lipinski definition) is 6. The number of carbonyl (C=O) groups is 2. The van der Waals surface area contributed by atoms with Gasteiger partial charge in [0.05, 0.1) is 21.8 Å². The Morgan fingerprint density at radius 1 is 0.952 bits per heavy atom. The van der Waals surface area contributed by atoms with Gasteiger partial charge in [0.1, 0.15) is 0 Å². The van der Waals surface area contributed by atoms with Crippen molar-refractivity contribution in [1.82, 2.24) is 4.90 Å². The predicted molar refractivity (Wildman–Crippen MR) is 154 cm³/mol. The standard InChI is InChI=1S/C27H37N3O4S.C2HF3O2/c1-20(2)18-21-6-9-24(10-7-21)35(33,34)28-25-19-22(27(31)32)8-11-26(25)30-16-12-23(13-17-30)29-14-4-3-5-15-29;3-2(4,5)1(6)7/h6-11,19-20,23,28H,3-5,12-18H2,1-2H3,(H,31,32);(H,6,7). The summed E-state index contributed by atoms with van der Waals surface area (Å²) in [5.41, 5.74) is 2.19. The zero-order valence-corrected chi connectivity index (χ0v) is 24.5.